The van der Waals surface area contributed by atoms with Crippen molar-refractivity contribution in [3.05, 3.63) is 16.1 Å². The zero-order valence-corrected chi connectivity index (χ0v) is 16.8. The fourth-order valence-electron chi connectivity index (χ4n) is 3.42. The van der Waals surface area contributed by atoms with Gasteiger partial charge in [-0.15, -0.1) is 11.3 Å². The summed E-state index contributed by atoms with van der Waals surface area (Å²) in [7, 11) is 0. The maximum Gasteiger partial charge on any atom is 0.191 e. The number of aromatic nitrogens is 1. The van der Waals surface area contributed by atoms with Gasteiger partial charge in [0.25, 0.3) is 0 Å². The van der Waals surface area contributed by atoms with Gasteiger partial charge in [0.1, 0.15) is 0 Å². The molecule has 2 N–H and O–H groups in total. The number of hydrogen-bond donors (Lipinski definition) is 2. The Hall–Kier alpha value is -1.14. The number of aliphatic imine (C=N–C) groups is 1. The third-order valence-electron chi connectivity index (χ3n) is 4.67. The molecule has 0 aliphatic heterocycles. The van der Waals surface area contributed by atoms with Gasteiger partial charge in [0, 0.05) is 25.1 Å². The van der Waals surface area contributed by atoms with Crippen LogP contribution in [-0.4, -0.2) is 36.7 Å². The highest BCUT2D eigenvalue weighted by Gasteiger charge is 2.25. The van der Waals surface area contributed by atoms with E-state index in [9.17, 15) is 0 Å². The number of guanidine groups is 1. The van der Waals surface area contributed by atoms with Crippen molar-refractivity contribution in [1.29, 1.82) is 0 Å². The Balaban J connectivity index is 1.81. The van der Waals surface area contributed by atoms with E-state index in [1.807, 2.05) is 0 Å². The topological polar surface area (TPSA) is 58.5 Å². The monoisotopic (exact) mass is 366 g/mol. The molecule has 0 aromatic carbocycles. The van der Waals surface area contributed by atoms with Crippen LogP contribution in [-0.2, 0) is 17.7 Å². The van der Waals surface area contributed by atoms with E-state index in [-0.39, 0.29) is 0 Å². The molecule has 0 spiro atoms. The number of nitrogens with one attached hydrogen (secondary N) is 2. The maximum atomic E-state index is 6.00. The lowest BCUT2D eigenvalue weighted by Gasteiger charge is -2.24. The third kappa shape index (κ3) is 6.94. The number of ether oxygens (including phenoxy) is 1. The van der Waals surface area contributed by atoms with Crippen molar-refractivity contribution in [2.75, 3.05) is 19.7 Å². The molecule has 5 nitrogen and oxygen atoms in total. The summed E-state index contributed by atoms with van der Waals surface area (Å²) in [4.78, 5) is 9.25. The minimum Gasteiger partial charge on any atom is -0.378 e. The van der Waals surface area contributed by atoms with E-state index < -0.39 is 0 Å². The van der Waals surface area contributed by atoms with Crippen LogP contribution < -0.4 is 10.6 Å². The number of rotatable bonds is 10. The average molecular weight is 367 g/mol. The average Bonchev–Trinajstić information content (AvgIpc) is 3.30. The van der Waals surface area contributed by atoms with Crippen LogP contribution in [0.4, 0.5) is 0 Å². The predicted octanol–water partition coefficient (Wildman–Crippen LogP) is 3.75. The van der Waals surface area contributed by atoms with Crippen molar-refractivity contribution < 1.29 is 4.74 Å². The van der Waals surface area contributed by atoms with E-state index >= 15 is 0 Å². The molecule has 1 atom stereocenters. The molecule has 1 aromatic rings. The van der Waals surface area contributed by atoms with E-state index in [2.05, 4.69) is 46.8 Å². The first kappa shape index (κ1) is 20.2. The summed E-state index contributed by atoms with van der Waals surface area (Å²) < 4.78 is 6.00. The zero-order chi connectivity index (χ0) is 17.9. The van der Waals surface area contributed by atoms with Gasteiger partial charge in [0.05, 0.1) is 23.4 Å². The van der Waals surface area contributed by atoms with E-state index in [4.69, 9.17) is 4.74 Å². The van der Waals surface area contributed by atoms with Crippen molar-refractivity contribution in [3.8, 4) is 0 Å². The summed E-state index contributed by atoms with van der Waals surface area (Å²) in [5, 5.41) is 10.1. The molecular formula is C19H34N4OS. The lowest BCUT2D eigenvalue weighted by Crippen LogP contribution is -2.39. The van der Waals surface area contributed by atoms with E-state index in [1.54, 1.807) is 11.3 Å². The summed E-state index contributed by atoms with van der Waals surface area (Å²) in [5.41, 5.74) is 1.05. The quantitative estimate of drug-likeness (QED) is 0.489. The molecule has 1 aliphatic carbocycles. The summed E-state index contributed by atoms with van der Waals surface area (Å²) >= 11 is 1.72. The van der Waals surface area contributed by atoms with Crippen molar-refractivity contribution in [2.45, 2.75) is 71.9 Å². The molecule has 0 bridgehead atoms. The number of nitrogens with zero attached hydrogens (tertiary/aromatic N) is 2. The molecular weight excluding hydrogens is 332 g/mol. The van der Waals surface area contributed by atoms with Gasteiger partial charge in [-0.3, -0.25) is 0 Å². The molecule has 1 heterocycles. The molecule has 1 fully saturated rings. The van der Waals surface area contributed by atoms with Crippen LogP contribution in [0.15, 0.2) is 10.4 Å². The van der Waals surface area contributed by atoms with Crippen LogP contribution in [0, 0.1) is 5.92 Å². The van der Waals surface area contributed by atoms with Gasteiger partial charge >= 0.3 is 0 Å². The van der Waals surface area contributed by atoms with Gasteiger partial charge < -0.3 is 15.4 Å². The largest absolute Gasteiger partial charge is 0.378 e. The van der Waals surface area contributed by atoms with Crippen LogP contribution in [0.2, 0.25) is 0 Å². The fourth-order valence-corrected chi connectivity index (χ4v) is 4.15. The Morgan fingerprint density at radius 3 is 2.76 bits per heavy atom. The Labute approximate surface area is 156 Å². The van der Waals surface area contributed by atoms with Gasteiger partial charge in [-0.1, -0.05) is 19.8 Å². The predicted molar refractivity (Wildman–Crippen MR) is 106 cm³/mol. The highest BCUT2D eigenvalue weighted by atomic mass is 32.1. The van der Waals surface area contributed by atoms with Gasteiger partial charge in [0.15, 0.2) is 5.96 Å². The summed E-state index contributed by atoms with van der Waals surface area (Å²) in [6, 6.07) is 0. The Bertz CT molecular complexity index is 511. The summed E-state index contributed by atoms with van der Waals surface area (Å²) in [6.07, 6.45) is 7.78. The van der Waals surface area contributed by atoms with Crippen LogP contribution in [0.1, 0.15) is 63.6 Å². The van der Waals surface area contributed by atoms with Crippen molar-refractivity contribution in [1.82, 2.24) is 15.6 Å². The second-order valence-corrected chi connectivity index (χ2v) is 7.48. The zero-order valence-electron chi connectivity index (χ0n) is 16.0. The highest BCUT2D eigenvalue weighted by molar-refractivity contribution is 7.09. The molecule has 1 saturated carbocycles. The molecule has 0 amide bonds. The van der Waals surface area contributed by atoms with Gasteiger partial charge in [-0.2, -0.15) is 0 Å². The highest BCUT2D eigenvalue weighted by Crippen LogP contribution is 2.30. The first-order valence-electron chi connectivity index (χ1n) is 9.83. The lowest BCUT2D eigenvalue weighted by molar-refractivity contribution is 0.0169. The molecule has 1 unspecified atom stereocenters. The number of thiazole rings is 1. The first-order chi connectivity index (χ1) is 12.3. The molecule has 25 heavy (non-hydrogen) atoms. The van der Waals surface area contributed by atoms with Crippen LogP contribution in [0.3, 0.4) is 0 Å². The van der Waals surface area contributed by atoms with Gasteiger partial charge in [-0.25, -0.2) is 9.98 Å². The molecule has 2 rings (SSSR count). The minimum atomic E-state index is 0.383. The second-order valence-electron chi connectivity index (χ2n) is 6.54. The standard InChI is InChI=1S/C19H34N4OS/c1-4-18-23-16(14-25-18)13-22-19(20-5-2)21-12-11-17(24-6-3)15-9-7-8-10-15/h14-15,17H,4-13H2,1-3H3,(H2,20,21,22). The molecule has 1 aliphatic rings. The van der Waals surface area contributed by atoms with E-state index in [0.29, 0.717) is 12.6 Å². The van der Waals surface area contributed by atoms with Crippen LogP contribution >= 0.6 is 11.3 Å². The van der Waals surface area contributed by atoms with E-state index in [1.165, 1.54) is 30.7 Å². The molecule has 0 saturated heterocycles. The molecule has 1 aromatic heterocycles. The number of aryl methyl sites for hydroxylation is 1. The molecule has 142 valence electrons. The smallest absolute Gasteiger partial charge is 0.191 e. The summed E-state index contributed by atoms with van der Waals surface area (Å²) in [6.45, 7) is 9.51. The Kier molecular flexibility index (Phi) is 9.26. The Morgan fingerprint density at radius 2 is 2.12 bits per heavy atom. The first-order valence-corrected chi connectivity index (χ1v) is 10.7. The normalized spacial score (nSPS) is 17.0. The fraction of sp³-hybridized carbons (Fsp3) is 0.789. The minimum absolute atomic E-state index is 0.383. The SMILES string of the molecule is CCNC(=NCc1csc(CC)n1)NCCC(OCC)C1CCCC1. The molecule has 0 radical (unpaired) electrons. The van der Waals surface area contributed by atoms with Crippen molar-refractivity contribution >= 4 is 17.3 Å². The number of hydrogen-bond acceptors (Lipinski definition) is 4. The van der Waals surface area contributed by atoms with Gasteiger partial charge in [-0.05, 0) is 45.4 Å². The van der Waals surface area contributed by atoms with Gasteiger partial charge in [0.2, 0.25) is 0 Å². The maximum absolute atomic E-state index is 6.00. The van der Waals surface area contributed by atoms with Crippen molar-refractivity contribution in [3.63, 3.8) is 0 Å². The molecule has 6 heteroatoms. The Morgan fingerprint density at radius 1 is 1.32 bits per heavy atom. The summed E-state index contributed by atoms with van der Waals surface area (Å²) in [5.74, 6) is 1.61. The van der Waals surface area contributed by atoms with Crippen molar-refractivity contribution in [2.24, 2.45) is 10.9 Å². The van der Waals surface area contributed by atoms with Crippen LogP contribution in [0.25, 0.3) is 0 Å². The van der Waals surface area contributed by atoms with Crippen LogP contribution in [0.5, 0.6) is 0 Å². The second kappa shape index (κ2) is 11.5. The third-order valence-corrected chi connectivity index (χ3v) is 5.71. The van der Waals surface area contributed by atoms with E-state index in [0.717, 1.165) is 50.1 Å². The lowest BCUT2D eigenvalue weighted by atomic mass is 9.98.